The van der Waals surface area contributed by atoms with E-state index in [-0.39, 0.29) is 23.9 Å². The third-order valence-electron chi connectivity index (χ3n) is 5.06. The Bertz CT molecular complexity index is 832. The molecule has 0 spiro atoms. The fourth-order valence-corrected chi connectivity index (χ4v) is 3.63. The summed E-state index contributed by atoms with van der Waals surface area (Å²) in [6.07, 6.45) is 3.98. The molecule has 3 heterocycles. The highest BCUT2D eigenvalue weighted by Gasteiger charge is 2.36. The molecule has 140 valence electrons. The van der Waals surface area contributed by atoms with Crippen LogP contribution in [0.25, 0.3) is 5.65 Å². The number of piperazine rings is 1. The Morgan fingerprint density at radius 1 is 1.15 bits per heavy atom. The minimum atomic E-state index is -0.111. The number of aromatic nitrogens is 2. The minimum absolute atomic E-state index is 0.0228. The molecule has 2 aromatic heterocycles. The van der Waals surface area contributed by atoms with E-state index in [1.807, 2.05) is 37.5 Å². The first-order valence-electron chi connectivity index (χ1n) is 9.02. The Morgan fingerprint density at radius 2 is 1.81 bits per heavy atom. The normalized spacial score (nSPS) is 20.8. The van der Waals surface area contributed by atoms with Gasteiger partial charge in [0.05, 0.1) is 5.02 Å². The molecule has 0 unspecified atom stereocenters. The lowest BCUT2D eigenvalue weighted by Gasteiger charge is -2.45. The van der Waals surface area contributed by atoms with Crippen LogP contribution in [0.15, 0.2) is 24.5 Å². The second kappa shape index (κ2) is 7.27. The van der Waals surface area contributed by atoms with Crippen molar-refractivity contribution in [3.8, 4) is 0 Å². The first kappa shape index (κ1) is 18.7. The average Bonchev–Trinajstić information content (AvgIpc) is 2.99. The van der Waals surface area contributed by atoms with Gasteiger partial charge < -0.3 is 14.2 Å². The first-order valence-corrected chi connectivity index (χ1v) is 9.40. The van der Waals surface area contributed by atoms with Crippen LogP contribution in [0.2, 0.25) is 5.02 Å². The summed E-state index contributed by atoms with van der Waals surface area (Å²) in [6.45, 7) is 9.16. The highest BCUT2D eigenvalue weighted by Crippen LogP contribution is 2.22. The van der Waals surface area contributed by atoms with Crippen LogP contribution in [0.1, 0.15) is 44.6 Å². The van der Waals surface area contributed by atoms with Crippen LogP contribution in [-0.2, 0) is 4.79 Å². The largest absolute Gasteiger partial charge is 0.336 e. The van der Waals surface area contributed by atoms with E-state index in [2.05, 4.69) is 4.98 Å². The molecule has 0 bridgehead atoms. The topological polar surface area (TPSA) is 57.9 Å². The van der Waals surface area contributed by atoms with Gasteiger partial charge >= 0.3 is 0 Å². The highest BCUT2D eigenvalue weighted by atomic mass is 35.5. The molecule has 3 rings (SSSR count). The molecule has 2 aromatic rings. The van der Waals surface area contributed by atoms with Crippen LogP contribution in [-0.4, -0.2) is 56.2 Å². The predicted molar refractivity (Wildman–Crippen MR) is 101 cm³/mol. The van der Waals surface area contributed by atoms with Crippen LogP contribution in [0.5, 0.6) is 0 Å². The molecular formula is C19H25ClN4O2. The van der Waals surface area contributed by atoms with Crippen molar-refractivity contribution in [3.05, 3.63) is 35.2 Å². The van der Waals surface area contributed by atoms with E-state index in [0.717, 1.165) is 0 Å². The van der Waals surface area contributed by atoms with E-state index in [1.54, 1.807) is 28.9 Å². The highest BCUT2D eigenvalue weighted by molar-refractivity contribution is 6.30. The molecule has 6 nitrogen and oxygen atoms in total. The molecule has 2 atom stereocenters. The van der Waals surface area contributed by atoms with Crippen molar-refractivity contribution < 1.29 is 9.59 Å². The third-order valence-corrected chi connectivity index (χ3v) is 5.28. The van der Waals surface area contributed by atoms with Crippen molar-refractivity contribution in [1.82, 2.24) is 19.2 Å². The summed E-state index contributed by atoms with van der Waals surface area (Å²) in [4.78, 5) is 33.6. The number of amides is 2. The Kier molecular flexibility index (Phi) is 5.23. The second-order valence-electron chi connectivity index (χ2n) is 7.40. The summed E-state index contributed by atoms with van der Waals surface area (Å²) in [5.41, 5.74) is 1.08. The quantitative estimate of drug-likeness (QED) is 0.827. The first-order chi connectivity index (χ1) is 12.3. The summed E-state index contributed by atoms with van der Waals surface area (Å²) in [6, 6.07) is 3.45. The van der Waals surface area contributed by atoms with Crippen LogP contribution >= 0.6 is 11.6 Å². The van der Waals surface area contributed by atoms with Crippen molar-refractivity contribution >= 4 is 29.1 Å². The maximum absolute atomic E-state index is 13.0. The molecule has 0 aromatic carbocycles. The molecule has 1 fully saturated rings. The van der Waals surface area contributed by atoms with E-state index in [9.17, 15) is 9.59 Å². The lowest BCUT2D eigenvalue weighted by Crippen LogP contribution is -2.60. The van der Waals surface area contributed by atoms with Crippen LogP contribution in [0.4, 0.5) is 0 Å². The van der Waals surface area contributed by atoms with E-state index in [0.29, 0.717) is 41.8 Å². The number of carbonyl (C=O) groups is 2. The standard InChI is InChI=1S/C19H25ClN4O2/c1-12(2)9-18(25)23-7-8-24(14(4)13(23)3)19(26)16-11-22-10-15(20)5-6-17(22)21-16/h5-6,10-14H,7-9H2,1-4H3/t13-,14-/m1/s1. The summed E-state index contributed by atoms with van der Waals surface area (Å²) in [5, 5.41) is 0.591. The summed E-state index contributed by atoms with van der Waals surface area (Å²) >= 11 is 6.00. The molecule has 2 amide bonds. The Hall–Kier alpha value is -2.08. The van der Waals surface area contributed by atoms with Gasteiger partial charge in [-0.3, -0.25) is 9.59 Å². The van der Waals surface area contributed by atoms with Gasteiger partial charge in [-0.15, -0.1) is 0 Å². The van der Waals surface area contributed by atoms with Crippen molar-refractivity contribution in [2.45, 2.75) is 46.2 Å². The van der Waals surface area contributed by atoms with Gasteiger partial charge in [-0.05, 0) is 31.9 Å². The number of hydrogen-bond acceptors (Lipinski definition) is 3. The molecule has 0 radical (unpaired) electrons. The van der Waals surface area contributed by atoms with E-state index in [1.165, 1.54) is 0 Å². The SMILES string of the molecule is CC(C)CC(=O)N1CCN(C(=O)c2cn3cc(Cl)ccc3n2)[C@H](C)[C@H]1C. The zero-order valence-corrected chi connectivity index (χ0v) is 16.4. The molecule has 26 heavy (non-hydrogen) atoms. The fourth-order valence-electron chi connectivity index (χ4n) is 3.46. The zero-order valence-electron chi connectivity index (χ0n) is 15.6. The fraction of sp³-hybridized carbons (Fsp3) is 0.526. The molecule has 7 heteroatoms. The maximum atomic E-state index is 13.0. The van der Waals surface area contributed by atoms with Gasteiger partial charge in [-0.1, -0.05) is 25.4 Å². The zero-order chi connectivity index (χ0) is 19.0. The van der Waals surface area contributed by atoms with Crippen molar-refractivity contribution in [2.24, 2.45) is 5.92 Å². The molecule has 0 aliphatic carbocycles. The van der Waals surface area contributed by atoms with Crippen molar-refractivity contribution in [3.63, 3.8) is 0 Å². The van der Waals surface area contributed by atoms with Crippen LogP contribution in [0, 0.1) is 5.92 Å². The average molecular weight is 377 g/mol. The maximum Gasteiger partial charge on any atom is 0.274 e. The monoisotopic (exact) mass is 376 g/mol. The van der Waals surface area contributed by atoms with Gasteiger partial charge in [0, 0.05) is 44.0 Å². The van der Waals surface area contributed by atoms with Crippen LogP contribution in [0.3, 0.4) is 0 Å². The number of nitrogens with zero attached hydrogens (tertiary/aromatic N) is 4. The van der Waals surface area contributed by atoms with Gasteiger partial charge in [0.1, 0.15) is 11.3 Å². The molecular weight excluding hydrogens is 352 g/mol. The van der Waals surface area contributed by atoms with Crippen LogP contribution < -0.4 is 0 Å². The second-order valence-corrected chi connectivity index (χ2v) is 7.84. The van der Waals surface area contributed by atoms with Gasteiger partial charge in [-0.2, -0.15) is 0 Å². The van der Waals surface area contributed by atoms with E-state index in [4.69, 9.17) is 11.6 Å². The number of imidazole rings is 1. The van der Waals surface area contributed by atoms with E-state index < -0.39 is 0 Å². The summed E-state index contributed by atoms with van der Waals surface area (Å²) in [7, 11) is 0. The molecule has 0 saturated carbocycles. The molecule has 1 aliphatic rings. The van der Waals surface area contributed by atoms with Crippen molar-refractivity contribution in [1.29, 1.82) is 0 Å². The van der Waals surface area contributed by atoms with E-state index >= 15 is 0 Å². The number of hydrogen-bond donors (Lipinski definition) is 0. The van der Waals surface area contributed by atoms with Gasteiger partial charge in [0.25, 0.3) is 5.91 Å². The van der Waals surface area contributed by atoms with Crippen molar-refractivity contribution in [2.75, 3.05) is 13.1 Å². The van der Waals surface area contributed by atoms with Gasteiger partial charge in [-0.25, -0.2) is 4.98 Å². The Balaban J connectivity index is 1.77. The Labute approximate surface area is 158 Å². The van der Waals surface area contributed by atoms with Gasteiger partial charge in [0.15, 0.2) is 0 Å². The van der Waals surface area contributed by atoms with Gasteiger partial charge in [0.2, 0.25) is 5.91 Å². The number of rotatable bonds is 3. The molecule has 1 saturated heterocycles. The smallest absolute Gasteiger partial charge is 0.274 e. The Morgan fingerprint density at radius 3 is 2.50 bits per heavy atom. The number of carbonyl (C=O) groups excluding carboxylic acids is 2. The third kappa shape index (κ3) is 3.56. The minimum Gasteiger partial charge on any atom is -0.336 e. The molecule has 1 aliphatic heterocycles. The predicted octanol–water partition coefficient (Wildman–Crippen LogP) is 3.10. The number of pyridine rings is 1. The number of fused-ring (bicyclic) bond motifs is 1. The lowest BCUT2D eigenvalue weighted by atomic mass is 10.0. The summed E-state index contributed by atoms with van der Waals surface area (Å²) in [5.74, 6) is 0.378. The summed E-state index contributed by atoms with van der Waals surface area (Å²) < 4.78 is 1.76. The lowest BCUT2D eigenvalue weighted by molar-refractivity contribution is -0.137. The molecule has 0 N–H and O–H groups in total. The number of halogens is 1.